The smallest absolute Gasteiger partial charge is 0.253 e. The van der Waals surface area contributed by atoms with Gasteiger partial charge in [-0.2, -0.15) is 0 Å². The third-order valence-corrected chi connectivity index (χ3v) is 6.84. The normalized spacial score (nSPS) is 19.9. The molecule has 2 aliphatic heterocycles. The lowest BCUT2D eigenvalue weighted by Gasteiger charge is -2.32. The summed E-state index contributed by atoms with van der Waals surface area (Å²) >= 11 is 0. The number of likely N-dealkylation sites (tertiary alicyclic amines) is 1. The van der Waals surface area contributed by atoms with Crippen LogP contribution in [0.4, 0.5) is 0 Å². The molecular weight excluding hydrogens is 412 g/mol. The molecule has 2 fully saturated rings. The van der Waals surface area contributed by atoms with E-state index in [9.17, 15) is 9.59 Å². The summed E-state index contributed by atoms with van der Waals surface area (Å²) in [7, 11) is 2.17. The fraction of sp³-hybridized carbons (Fsp3) is 0.481. The fourth-order valence-electron chi connectivity index (χ4n) is 4.69. The van der Waals surface area contributed by atoms with Gasteiger partial charge in [-0.25, -0.2) is 0 Å². The van der Waals surface area contributed by atoms with Crippen molar-refractivity contribution >= 4 is 11.8 Å². The molecule has 33 heavy (non-hydrogen) atoms. The van der Waals surface area contributed by atoms with Crippen LogP contribution in [0, 0.1) is 12.8 Å². The number of rotatable bonds is 6. The molecule has 2 saturated heterocycles. The SMILES string of the molecule is Cc1ccc(C(=O)N2CCCC(C(=O)NCc3cccc(CN4CCN(C)CC4)c3)C2)cc1. The van der Waals surface area contributed by atoms with Gasteiger partial charge in [0.05, 0.1) is 5.92 Å². The first kappa shape index (κ1) is 23.5. The number of likely N-dealkylation sites (N-methyl/N-ethyl adjacent to an activating group) is 1. The standard InChI is InChI=1S/C27H36N4O2/c1-21-8-10-24(11-9-21)27(33)31-12-4-7-25(20-31)26(32)28-18-22-5-3-6-23(17-22)19-30-15-13-29(2)14-16-30/h3,5-6,8-11,17,25H,4,7,12-16,18-20H2,1-2H3,(H,28,32). The monoisotopic (exact) mass is 448 g/mol. The number of hydrogen-bond acceptors (Lipinski definition) is 4. The predicted octanol–water partition coefficient (Wildman–Crippen LogP) is 2.91. The second-order valence-corrected chi connectivity index (χ2v) is 9.57. The van der Waals surface area contributed by atoms with Gasteiger partial charge in [-0.1, -0.05) is 42.0 Å². The van der Waals surface area contributed by atoms with Crippen molar-refractivity contribution < 1.29 is 9.59 Å². The molecule has 0 saturated carbocycles. The molecule has 6 heteroatoms. The minimum absolute atomic E-state index is 0.0177. The molecule has 1 N–H and O–H groups in total. The highest BCUT2D eigenvalue weighted by Gasteiger charge is 2.28. The van der Waals surface area contributed by atoms with Crippen LogP contribution in [0.15, 0.2) is 48.5 Å². The zero-order valence-electron chi connectivity index (χ0n) is 19.9. The first-order valence-corrected chi connectivity index (χ1v) is 12.1. The van der Waals surface area contributed by atoms with E-state index in [4.69, 9.17) is 0 Å². The summed E-state index contributed by atoms with van der Waals surface area (Å²) in [5.74, 6) is -0.0911. The highest BCUT2D eigenvalue weighted by atomic mass is 16.2. The summed E-state index contributed by atoms with van der Waals surface area (Å²) in [4.78, 5) is 32.4. The average molecular weight is 449 g/mol. The van der Waals surface area contributed by atoms with Gasteiger partial charge in [0.15, 0.2) is 0 Å². The number of piperidine rings is 1. The Balaban J connectivity index is 1.28. The van der Waals surface area contributed by atoms with Crippen molar-refractivity contribution in [1.29, 1.82) is 0 Å². The summed E-state index contributed by atoms with van der Waals surface area (Å²) in [6.45, 7) is 9.10. The Morgan fingerprint density at radius 1 is 0.970 bits per heavy atom. The van der Waals surface area contributed by atoms with Gasteiger partial charge in [0, 0.05) is 57.9 Å². The molecule has 2 aromatic carbocycles. The molecule has 2 aliphatic rings. The number of aryl methyl sites for hydroxylation is 1. The Kier molecular flexibility index (Phi) is 7.78. The summed E-state index contributed by atoms with van der Waals surface area (Å²) in [5, 5.41) is 3.11. The minimum Gasteiger partial charge on any atom is -0.352 e. The second kappa shape index (κ2) is 10.9. The van der Waals surface area contributed by atoms with Gasteiger partial charge in [-0.15, -0.1) is 0 Å². The van der Waals surface area contributed by atoms with Gasteiger partial charge in [0.2, 0.25) is 5.91 Å². The molecule has 2 amide bonds. The molecule has 176 valence electrons. The molecule has 4 rings (SSSR count). The quantitative estimate of drug-likeness (QED) is 0.738. The third-order valence-electron chi connectivity index (χ3n) is 6.84. The summed E-state index contributed by atoms with van der Waals surface area (Å²) in [5.41, 5.74) is 4.24. The van der Waals surface area contributed by atoms with Crippen LogP contribution in [0.2, 0.25) is 0 Å². The molecule has 0 spiro atoms. The largest absolute Gasteiger partial charge is 0.352 e. The van der Waals surface area contributed by atoms with E-state index in [0.717, 1.165) is 56.7 Å². The molecule has 1 atom stereocenters. The summed E-state index contributed by atoms with van der Waals surface area (Å²) in [6, 6.07) is 16.2. The van der Waals surface area contributed by atoms with Crippen molar-refractivity contribution in [3.8, 4) is 0 Å². The molecule has 2 heterocycles. The number of nitrogens with one attached hydrogen (secondary N) is 1. The van der Waals surface area contributed by atoms with Crippen LogP contribution in [0.3, 0.4) is 0 Å². The van der Waals surface area contributed by atoms with Crippen molar-refractivity contribution in [1.82, 2.24) is 20.0 Å². The zero-order chi connectivity index (χ0) is 23.2. The maximum absolute atomic E-state index is 12.9. The molecule has 0 bridgehead atoms. The molecule has 0 radical (unpaired) electrons. The Morgan fingerprint density at radius 3 is 2.45 bits per heavy atom. The van der Waals surface area contributed by atoms with Gasteiger partial charge in [-0.3, -0.25) is 14.5 Å². The Bertz CT molecular complexity index is 951. The van der Waals surface area contributed by atoms with Crippen molar-refractivity contribution in [2.45, 2.75) is 32.9 Å². The van der Waals surface area contributed by atoms with Crippen LogP contribution in [0.25, 0.3) is 0 Å². The number of hydrogen-bond donors (Lipinski definition) is 1. The van der Waals surface area contributed by atoms with Crippen molar-refractivity contribution in [3.63, 3.8) is 0 Å². The first-order chi connectivity index (χ1) is 16.0. The first-order valence-electron chi connectivity index (χ1n) is 12.1. The van der Waals surface area contributed by atoms with Crippen molar-refractivity contribution in [2.75, 3.05) is 46.3 Å². The molecule has 6 nitrogen and oxygen atoms in total. The van der Waals surface area contributed by atoms with Crippen LogP contribution in [0.5, 0.6) is 0 Å². The number of carbonyl (C=O) groups excluding carboxylic acids is 2. The number of carbonyl (C=O) groups is 2. The van der Waals surface area contributed by atoms with E-state index < -0.39 is 0 Å². The predicted molar refractivity (Wildman–Crippen MR) is 131 cm³/mol. The fourth-order valence-corrected chi connectivity index (χ4v) is 4.69. The molecule has 0 aliphatic carbocycles. The van der Waals surface area contributed by atoms with E-state index in [0.29, 0.717) is 25.2 Å². The Hall–Kier alpha value is -2.70. The maximum atomic E-state index is 12.9. The topological polar surface area (TPSA) is 55.9 Å². The van der Waals surface area contributed by atoms with Gasteiger partial charge < -0.3 is 15.1 Å². The number of amides is 2. The number of benzene rings is 2. The van der Waals surface area contributed by atoms with Gasteiger partial charge in [0.25, 0.3) is 5.91 Å². The lowest BCUT2D eigenvalue weighted by molar-refractivity contribution is -0.126. The van der Waals surface area contributed by atoms with Crippen LogP contribution in [-0.4, -0.2) is 72.8 Å². The van der Waals surface area contributed by atoms with E-state index in [1.165, 1.54) is 5.56 Å². The highest BCUT2D eigenvalue weighted by Crippen LogP contribution is 2.20. The number of nitrogens with zero attached hydrogens (tertiary/aromatic N) is 3. The Morgan fingerprint density at radius 2 is 1.70 bits per heavy atom. The average Bonchev–Trinajstić information content (AvgIpc) is 2.84. The van der Waals surface area contributed by atoms with Crippen LogP contribution in [0.1, 0.15) is 39.9 Å². The molecule has 1 unspecified atom stereocenters. The molecular formula is C27H36N4O2. The van der Waals surface area contributed by atoms with Crippen molar-refractivity contribution in [3.05, 3.63) is 70.8 Å². The summed E-state index contributed by atoms with van der Waals surface area (Å²) < 4.78 is 0. The van der Waals surface area contributed by atoms with E-state index >= 15 is 0 Å². The highest BCUT2D eigenvalue weighted by molar-refractivity contribution is 5.94. The Labute approximate surface area is 197 Å². The second-order valence-electron chi connectivity index (χ2n) is 9.57. The van der Waals surface area contributed by atoms with Gasteiger partial charge in [0.1, 0.15) is 0 Å². The third kappa shape index (κ3) is 6.42. The van der Waals surface area contributed by atoms with Gasteiger partial charge >= 0.3 is 0 Å². The van der Waals surface area contributed by atoms with Gasteiger partial charge in [-0.05, 0) is 50.1 Å². The molecule has 0 aromatic heterocycles. The van der Waals surface area contributed by atoms with E-state index in [-0.39, 0.29) is 17.7 Å². The van der Waals surface area contributed by atoms with E-state index in [1.807, 2.05) is 36.1 Å². The van der Waals surface area contributed by atoms with E-state index in [2.05, 4.69) is 46.4 Å². The van der Waals surface area contributed by atoms with Crippen LogP contribution < -0.4 is 5.32 Å². The zero-order valence-corrected chi connectivity index (χ0v) is 19.9. The number of piperazine rings is 1. The maximum Gasteiger partial charge on any atom is 0.253 e. The lowest BCUT2D eigenvalue weighted by atomic mass is 9.96. The van der Waals surface area contributed by atoms with Crippen LogP contribution >= 0.6 is 0 Å². The van der Waals surface area contributed by atoms with Crippen LogP contribution in [-0.2, 0) is 17.9 Å². The minimum atomic E-state index is -0.151. The van der Waals surface area contributed by atoms with E-state index in [1.54, 1.807) is 0 Å². The lowest BCUT2D eigenvalue weighted by Crippen LogP contribution is -2.45. The summed E-state index contributed by atoms with van der Waals surface area (Å²) in [6.07, 6.45) is 1.68. The molecule has 2 aromatic rings. The van der Waals surface area contributed by atoms with Crippen molar-refractivity contribution in [2.24, 2.45) is 5.92 Å².